The summed E-state index contributed by atoms with van der Waals surface area (Å²) in [6, 6.07) is 0. The normalized spacial score (nSPS) is 31.9. The molecule has 4 heteroatoms. The molecular formula is C9H17NO3. The van der Waals surface area contributed by atoms with E-state index in [0.29, 0.717) is 13.1 Å². The second-order valence-corrected chi connectivity index (χ2v) is 4.22. The van der Waals surface area contributed by atoms with Crippen molar-refractivity contribution in [3.05, 3.63) is 0 Å². The Morgan fingerprint density at radius 1 is 1.69 bits per heavy atom. The highest BCUT2D eigenvalue weighted by Gasteiger charge is 2.32. The van der Waals surface area contributed by atoms with E-state index < -0.39 is 11.6 Å². The molecule has 2 N–H and O–H groups in total. The number of aliphatic carboxylic acids is 1. The van der Waals surface area contributed by atoms with Crippen LogP contribution in [-0.2, 0) is 4.79 Å². The van der Waals surface area contributed by atoms with Crippen LogP contribution in [0.25, 0.3) is 0 Å². The van der Waals surface area contributed by atoms with E-state index in [1.807, 2.05) is 4.90 Å². The molecule has 1 rings (SSSR count). The summed E-state index contributed by atoms with van der Waals surface area (Å²) in [6.07, 6.45) is 0.735. The number of aliphatic hydroxyl groups is 1. The molecule has 0 aromatic rings. The van der Waals surface area contributed by atoms with Crippen LogP contribution >= 0.6 is 0 Å². The number of rotatable bonds is 3. The maximum atomic E-state index is 10.6. The second-order valence-electron chi connectivity index (χ2n) is 4.22. The van der Waals surface area contributed by atoms with Gasteiger partial charge in [0.15, 0.2) is 0 Å². The van der Waals surface area contributed by atoms with Crippen molar-refractivity contribution in [3.8, 4) is 0 Å². The first kappa shape index (κ1) is 10.5. The zero-order valence-electron chi connectivity index (χ0n) is 8.16. The number of β-amino-alcohol motifs (C(OH)–C–C–N with tert-alkyl or cyclic N) is 1. The molecule has 0 amide bonds. The fraction of sp³-hybridized carbons (Fsp3) is 0.889. The average Bonchev–Trinajstić information content (AvgIpc) is 2.30. The lowest BCUT2D eigenvalue weighted by Crippen LogP contribution is -2.34. The van der Waals surface area contributed by atoms with Crippen molar-refractivity contribution in [2.24, 2.45) is 5.92 Å². The summed E-state index contributed by atoms with van der Waals surface area (Å²) in [7, 11) is 0. The maximum Gasteiger partial charge on any atom is 0.307 e. The SMILES string of the molecule is CC(CN1CCC(C)(O)C1)C(=O)O. The van der Waals surface area contributed by atoms with Crippen LogP contribution < -0.4 is 0 Å². The first-order chi connectivity index (χ1) is 5.91. The lowest BCUT2D eigenvalue weighted by atomic mass is 10.1. The molecule has 1 saturated heterocycles. The highest BCUT2D eigenvalue weighted by Crippen LogP contribution is 2.20. The first-order valence-electron chi connectivity index (χ1n) is 4.58. The molecule has 2 unspecified atom stereocenters. The Morgan fingerprint density at radius 2 is 2.31 bits per heavy atom. The molecule has 1 fully saturated rings. The molecule has 13 heavy (non-hydrogen) atoms. The van der Waals surface area contributed by atoms with Crippen LogP contribution in [0.4, 0.5) is 0 Å². The van der Waals surface area contributed by atoms with Gasteiger partial charge in [-0.2, -0.15) is 0 Å². The van der Waals surface area contributed by atoms with Gasteiger partial charge in [0.2, 0.25) is 0 Å². The second kappa shape index (κ2) is 3.64. The third kappa shape index (κ3) is 2.97. The highest BCUT2D eigenvalue weighted by atomic mass is 16.4. The molecule has 4 nitrogen and oxygen atoms in total. The van der Waals surface area contributed by atoms with Crippen LogP contribution in [0.1, 0.15) is 20.3 Å². The van der Waals surface area contributed by atoms with Gasteiger partial charge in [0.1, 0.15) is 0 Å². The first-order valence-corrected chi connectivity index (χ1v) is 4.58. The van der Waals surface area contributed by atoms with Gasteiger partial charge in [0.05, 0.1) is 11.5 Å². The van der Waals surface area contributed by atoms with Gasteiger partial charge in [-0.3, -0.25) is 9.69 Å². The minimum Gasteiger partial charge on any atom is -0.481 e. The lowest BCUT2D eigenvalue weighted by molar-refractivity contribution is -0.141. The standard InChI is InChI=1S/C9H17NO3/c1-7(8(11)12)5-10-4-3-9(2,13)6-10/h7,13H,3-6H2,1-2H3,(H,11,12). The van der Waals surface area contributed by atoms with E-state index in [9.17, 15) is 9.90 Å². The van der Waals surface area contributed by atoms with Gasteiger partial charge in [-0.05, 0) is 13.3 Å². The Kier molecular flexibility index (Phi) is 2.93. The quantitative estimate of drug-likeness (QED) is 0.661. The van der Waals surface area contributed by atoms with E-state index in [1.165, 1.54) is 0 Å². The van der Waals surface area contributed by atoms with Gasteiger partial charge in [0, 0.05) is 19.6 Å². The largest absolute Gasteiger partial charge is 0.481 e. The van der Waals surface area contributed by atoms with E-state index in [2.05, 4.69) is 0 Å². The van der Waals surface area contributed by atoms with Crippen molar-refractivity contribution < 1.29 is 15.0 Å². The van der Waals surface area contributed by atoms with Crippen molar-refractivity contribution in [2.75, 3.05) is 19.6 Å². The van der Waals surface area contributed by atoms with Gasteiger partial charge in [0.25, 0.3) is 0 Å². The van der Waals surface area contributed by atoms with Crippen LogP contribution in [0, 0.1) is 5.92 Å². The molecule has 1 aliphatic heterocycles. The molecule has 2 atom stereocenters. The molecule has 0 aromatic carbocycles. The number of carboxylic acid groups (broad SMARTS) is 1. The average molecular weight is 187 g/mol. The van der Waals surface area contributed by atoms with E-state index >= 15 is 0 Å². The molecule has 76 valence electrons. The van der Waals surface area contributed by atoms with Crippen LogP contribution in [0.15, 0.2) is 0 Å². The zero-order valence-corrected chi connectivity index (χ0v) is 8.16. The van der Waals surface area contributed by atoms with E-state index in [4.69, 9.17) is 5.11 Å². The summed E-state index contributed by atoms with van der Waals surface area (Å²) in [5.74, 6) is -1.12. The van der Waals surface area contributed by atoms with Gasteiger partial charge in [-0.15, -0.1) is 0 Å². The molecule has 0 radical (unpaired) electrons. The Balaban J connectivity index is 2.36. The fourth-order valence-corrected chi connectivity index (χ4v) is 1.66. The van der Waals surface area contributed by atoms with Crippen LogP contribution in [0.3, 0.4) is 0 Å². The summed E-state index contributed by atoms with van der Waals surface area (Å²) in [5, 5.41) is 18.3. The molecule has 0 aliphatic carbocycles. The van der Waals surface area contributed by atoms with Crippen molar-refractivity contribution >= 4 is 5.97 Å². The van der Waals surface area contributed by atoms with Gasteiger partial charge in [-0.1, -0.05) is 6.92 Å². The summed E-state index contributed by atoms with van der Waals surface area (Å²) in [4.78, 5) is 12.6. The van der Waals surface area contributed by atoms with Gasteiger partial charge in [-0.25, -0.2) is 0 Å². The van der Waals surface area contributed by atoms with Crippen molar-refractivity contribution in [1.82, 2.24) is 4.90 Å². The van der Waals surface area contributed by atoms with Crippen molar-refractivity contribution in [1.29, 1.82) is 0 Å². The number of likely N-dealkylation sites (tertiary alicyclic amines) is 1. The zero-order chi connectivity index (χ0) is 10.1. The molecule has 0 bridgehead atoms. The molecule has 1 aliphatic rings. The van der Waals surface area contributed by atoms with E-state index in [0.717, 1.165) is 13.0 Å². The van der Waals surface area contributed by atoms with Crippen molar-refractivity contribution in [3.63, 3.8) is 0 Å². The molecule has 0 aromatic heterocycles. The third-order valence-corrected chi connectivity index (χ3v) is 2.48. The highest BCUT2D eigenvalue weighted by molar-refractivity contribution is 5.69. The minimum absolute atomic E-state index is 0.353. The molecular weight excluding hydrogens is 170 g/mol. The number of carbonyl (C=O) groups is 1. The van der Waals surface area contributed by atoms with E-state index in [-0.39, 0.29) is 5.92 Å². The van der Waals surface area contributed by atoms with Crippen LogP contribution in [0.5, 0.6) is 0 Å². The summed E-state index contributed by atoms with van der Waals surface area (Å²) < 4.78 is 0. The number of hydrogen-bond acceptors (Lipinski definition) is 3. The number of carboxylic acids is 1. The summed E-state index contributed by atoms with van der Waals surface area (Å²) in [6.45, 7) is 5.40. The maximum absolute atomic E-state index is 10.6. The lowest BCUT2D eigenvalue weighted by Gasteiger charge is -2.20. The van der Waals surface area contributed by atoms with Gasteiger partial charge >= 0.3 is 5.97 Å². The summed E-state index contributed by atoms with van der Waals surface area (Å²) in [5.41, 5.74) is -0.627. The monoisotopic (exact) mass is 187 g/mol. The van der Waals surface area contributed by atoms with Crippen molar-refractivity contribution in [2.45, 2.75) is 25.9 Å². The van der Waals surface area contributed by atoms with Gasteiger partial charge < -0.3 is 10.2 Å². The van der Waals surface area contributed by atoms with E-state index in [1.54, 1.807) is 13.8 Å². The number of nitrogens with zero attached hydrogens (tertiary/aromatic N) is 1. The Labute approximate surface area is 78.2 Å². The topological polar surface area (TPSA) is 60.8 Å². The predicted octanol–water partition coefficient (Wildman–Crippen LogP) is 0.164. The number of hydrogen-bond donors (Lipinski definition) is 2. The smallest absolute Gasteiger partial charge is 0.307 e. The summed E-state index contributed by atoms with van der Waals surface area (Å²) >= 11 is 0. The van der Waals surface area contributed by atoms with Crippen LogP contribution in [0.2, 0.25) is 0 Å². The fourth-order valence-electron chi connectivity index (χ4n) is 1.66. The molecule has 0 spiro atoms. The molecule has 1 heterocycles. The third-order valence-electron chi connectivity index (χ3n) is 2.48. The van der Waals surface area contributed by atoms with Crippen LogP contribution in [-0.4, -0.2) is 46.3 Å². The Morgan fingerprint density at radius 3 is 2.69 bits per heavy atom. The minimum atomic E-state index is -0.772. The molecule has 0 saturated carbocycles. The predicted molar refractivity (Wildman–Crippen MR) is 48.5 cm³/mol. The Bertz CT molecular complexity index is 203. The Hall–Kier alpha value is -0.610.